The van der Waals surface area contributed by atoms with E-state index in [9.17, 15) is 4.79 Å². The number of hydrogen-bond donors (Lipinski definition) is 0. The lowest BCUT2D eigenvalue weighted by Gasteiger charge is -2.21. The van der Waals surface area contributed by atoms with E-state index < -0.39 is 0 Å². The highest BCUT2D eigenvalue weighted by Gasteiger charge is 2.12. The number of carbonyl (C=O) groups is 1. The van der Waals surface area contributed by atoms with Crippen molar-refractivity contribution in [3.8, 4) is 0 Å². The maximum Gasteiger partial charge on any atom is 0.241 e. The monoisotopic (exact) mass is 244 g/mol. The summed E-state index contributed by atoms with van der Waals surface area (Å²) in [6.45, 7) is 0.300. The summed E-state index contributed by atoms with van der Waals surface area (Å²) in [5.41, 5.74) is 0.881. The van der Waals surface area contributed by atoms with E-state index in [-0.39, 0.29) is 5.91 Å². The molecule has 1 aromatic carbocycles. The van der Waals surface area contributed by atoms with Crippen molar-refractivity contribution < 1.29 is 4.79 Å². The van der Waals surface area contributed by atoms with Crippen molar-refractivity contribution in [3.63, 3.8) is 0 Å². The number of rotatable bonds is 3. The second-order valence-corrected chi connectivity index (χ2v) is 4.36. The molecule has 0 aliphatic rings. The predicted octanol–water partition coefficient (Wildman–Crippen LogP) is 1.15. The average molecular weight is 244 g/mol. The first-order chi connectivity index (χ1) is 8.59. The highest BCUT2D eigenvalue weighted by atomic mass is 16.2. The van der Waals surface area contributed by atoms with Gasteiger partial charge in [0.25, 0.3) is 0 Å². The zero-order chi connectivity index (χ0) is 13.1. The van der Waals surface area contributed by atoms with Gasteiger partial charge in [-0.25, -0.2) is 9.97 Å². The van der Waals surface area contributed by atoms with E-state index in [1.807, 2.05) is 36.2 Å². The van der Waals surface area contributed by atoms with E-state index in [0.717, 1.165) is 16.7 Å². The predicted molar refractivity (Wildman–Crippen MR) is 71.5 cm³/mol. The van der Waals surface area contributed by atoms with Crippen LogP contribution in [0.1, 0.15) is 0 Å². The van der Waals surface area contributed by atoms with E-state index in [0.29, 0.717) is 6.54 Å². The van der Waals surface area contributed by atoms with Crippen molar-refractivity contribution in [3.05, 3.63) is 30.6 Å². The molecule has 0 radical (unpaired) electrons. The van der Waals surface area contributed by atoms with E-state index in [1.165, 1.54) is 6.33 Å². The van der Waals surface area contributed by atoms with Crippen LogP contribution in [0.15, 0.2) is 30.6 Å². The molecule has 0 saturated heterocycles. The summed E-state index contributed by atoms with van der Waals surface area (Å²) in [7, 11) is 5.35. The van der Waals surface area contributed by atoms with Crippen molar-refractivity contribution in [2.75, 3.05) is 32.6 Å². The van der Waals surface area contributed by atoms with E-state index >= 15 is 0 Å². The first kappa shape index (κ1) is 12.3. The third kappa shape index (κ3) is 2.40. The minimum atomic E-state index is 0.0418. The maximum absolute atomic E-state index is 11.7. The molecule has 2 aromatic rings. The lowest BCUT2D eigenvalue weighted by molar-refractivity contribution is -0.127. The summed E-state index contributed by atoms with van der Waals surface area (Å²) in [6, 6.07) is 7.77. The highest BCUT2D eigenvalue weighted by molar-refractivity contribution is 5.91. The first-order valence-electron chi connectivity index (χ1n) is 5.70. The molecule has 0 N–H and O–H groups in total. The molecule has 0 atom stereocenters. The zero-order valence-electron chi connectivity index (χ0n) is 10.8. The third-order valence-electron chi connectivity index (χ3n) is 2.75. The Labute approximate surface area is 106 Å². The molecular weight excluding hydrogens is 228 g/mol. The van der Waals surface area contributed by atoms with Crippen LogP contribution in [0.4, 0.5) is 5.82 Å². The van der Waals surface area contributed by atoms with Crippen LogP contribution in [-0.2, 0) is 4.79 Å². The van der Waals surface area contributed by atoms with Crippen molar-refractivity contribution in [1.29, 1.82) is 0 Å². The fraction of sp³-hybridized carbons (Fsp3) is 0.308. The Kier molecular flexibility index (Phi) is 3.41. The fourth-order valence-electron chi connectivity index (χ4n) is 1.71. The maximum atomic E-state index is 11.7. The van der Waals surface area contributed by atoms with Gasteiger partial charge in [-0.05, 0) is 12.1 Å². The zero-order valence-corrected chi connectivity index (χ0v) is 10.8. The number of aromatic nitrogens is 2. The van der Waals surface area contributed by atoms with Gasteiger partial charge in [-0.1, -0.05) is 12.1 Å². The molecule has 0 bridgehead atoms. The SMILES string of the molecule is CN(C)C(=O)CN(C)c1ncnc2ccccc12. The van der Waals surface area contributed by atoms with Crippen molar-refractivity contribution in [1.82, 2.24) is 14.9 Å². The van der Waals surface area contributed by atoms with Crippen LogP contribution in [0.2, 0.25) is 0 Å². The Morgan fingerprint density at radius 3 is 2.61 bits per heavy atom. The average Bonchev–Trinajstić information content (AvgIpc) is 2.37. The quantitative estimate of drug-likeness (QED) is 0.812. The van der Waals surface area contributed by atoms with Gasteiger partial charge in [0.05, 0.1) is 12.1 Å². The Morgan fingerprint density at radius 2 is 1.89 bits per heavy atom. The normalized spacial score (nSPS) is 10.4. The molecule has 94 valence electrons. The summed E-state index contributed by atoms with van der Waals surface area (Å²) >= 11 is 0. The van der Waals surface area contributed by atoms with Crippen molar-refractivity contribution in [2.45, 2.75) is 0 Å². The summed E-state index contributed by atoms with van der Waals surface area (Å²) in [5.74, 6) is 0.816. The van der Waals surface area contributed by atoms with Crippen LogP contribution in [0, 0.1) is 0 Å². The first-order valence-corrected chi connectivity index (χ1v) is 5.70. The second kappa shape index (κ2) is 5.00. The summed E-state index contributed by atoms with van der Waals surface area (Å²) in [6.07, 6.45) is 1.52. The molecule has 0 aliphatic carbocycles. The molecule has 0 spiro atoms. The number of fused-ring (bicyclic) bond motifs is 1. The molecular formula is C13H16N4O. The highest BCUT2D eigenvalue weighted by Crippen LogP contribution is 2.21. The minimum Gasteiger partial charge on any atom is -0.350 e. The topological polar surface area (TPSA) is 49.3 Å². The standard InChI is InChI=1S/C13H16N4O/c1-16(2)12(18)8-17(3)13-10-6-4-5-7-11(10)14-9-15-13/h4-7,9H,8H2,1-3H3. The van der Waals surface area contributed by atoms with E-state index in [1.54, 1.807) is 19.0 Å². The van der Waals surface area contributed by atoms with E-state index in [2.05, 4.69) is 9.97 Å². The molecule has 5 nitrogen and oxygen atoms in total. The van der Waals surface area contributed by atoms with Gasteiger partial charge in [0.2, 0.25) is 5.91 Å². The largest absolute Gasteiger partial charge is 0.350 e. The van der Waals surface area contributed by atoms with Crippen LogP contribution in [-0.4, -0.2) is 48.5 Å². The lowest BCUT2D eigenvalue weighted by atomic mass is 10.2. The molecule has 0 fully saturated rings. The number of amides is 1. The van der Waals surface area contributed by atoms with Crippen molar-refractivity contribution in [2.24, 2.45) is 0 Å². The van der Waals surface area contributed by atoms with Crippen LogP contribution in [0.3, 0.4) is 0 Å². The molecule has 2 rings (SSSR count). The number of benzene rings is 1. The molecule has 18 heavy (non-hydrogen) atoms. The molecule has 1 aromatic heterocycles. The number of para-hydroxylation sites is 1. The summed E-state index contributed by atoms with van der Waals surface area (Å²) in [4.78, 5) is 23.6. The molecule has 0 saturated carbocycles. The van der Waals surface area contributed by atoms with Gasteiger partial charge >= 0.3 is 0 Å². The number of nitrogens with zero attached hydrogens (tertiary/aromatic N) is 4. The fourth-order valence-corrected chi connectivity index (χ4v) is 1.71. The minimum absolute atomic E-state index is 0.0418. The van der Waals surface area contributed by atoms with Crippen LogP contribution >= 0.6 is 0 Å². The second-order valence-electron chi connectivity index (χ2n) is 4.36. The lowest BCUT2D eigenvalue weighted by Crippen LogP contribution is -2.34. The van der Waals surface area contributed by atoms with Gasteiger partial charge in [-0.15, -0.1) is 0 Å². The summed E-state index contributed by atoms with van der Waals surface area (Å²) < 4.78 is 0. The molecule has 0 unspecified atom stereocenters. The van der Waals surface area contributed by atoms with Gasteiger partial charge < -0.3 is 9.80 Å². The Hall–Kier alpha value is -2.17. The van der Waals surface area contributed by atoms with Crippen LogP contribution in [0.25, 0.3) is 10.9 Å². The molecule has 1 amide bonds. The van der Waals surface area contributed by atoms with Crippen LogP contribution in [0.5, 0.6) is 0 Å². The molecule has 0 aliphatic heterocycles. The Morgan fingerprint density at radius 1 is 1.17 bits per heavy atom. The Bertz CT molecular complexity index is 562. The number of anilines is 1. The van der Waals surface area contributed by atoms with Gasteiger partial charge in [0.1, 0.15) is 12.1 Å². The van der Waals surface area contributed by atoms with Crippen molar-refractivity contribution >= 4 is 22.6 Å². The van der Waals surface area contributed by atoms with E-state index in [4.69, 9.17) is 0 Å². The van der Waals surface area contributed by atoms with Crippen LogP contribution < -0.4 is 4.90 Å². The smallest absolute Gasteiger partial charge is 0.241 e. The Balaban J connectivity index is 2.33. The number of carbonyl (C=O) groups excluding carboxylic acids is 1. The van der Waals surface area contributed by atoms with Gasteiger partial charge in [0, 0.05) is 26.5 Å². The molecule has 1 heterocycles. The number of likely N-dealkylation sites (N-methyl/N-ethyl adjacent to an activating group) is 2. The van der Waals surface area contributed by atoms with Gasteiger partial charge in [-0.2, -0.15) is 0 Å². The third-order valence-corrected chi connectivity index (χ3v) is 2.75. The van der Waals surface area contributed by atoms with Gasteiger partial charge in [0.15, 0.2) is 0 Å². The summed E-state index contributed by atoms with van der Waals surface area (Å²) in [5, 5.41) is 0.953. The number of hydrogen-bond acceptors (Lipinski definition) is 4. The molecule has 5 heteroatoms. The van der Waals surface area contributed by atoms with Gasteiger partial charge in [-0.3, -0.25) is 4.79 Å².